The maximum atomic E-state index is 11.9. The predicted octanol–water partition coefficient (Wildman–Crippen LogP) is -1.21. The monoisotopic (exact) mass is 255 g/mol. The lowest BCUT2D eigenvalue weighted by Gasteiger charge is -2.38. The number of nitrogens with zero attached hydrogens (tertiary/aromatic N) is 1. The minimum Gasteiger partial charge on any atom is -0.840 e. The van der Waals surface area contributed by atoms with E-state index >= 15 is 0 Å². The Labute approximate surface area is 104 Å². The molecule has 7 nitrogen and oxygen atoms in total. The average Bonchev–Trinajstić information content (AvgIpc) is 2.31. The topological polar surface area (TPSA) is 140 Å². The smallest absolute Gasteiger partial charge is 0.294 e. The van der Waals surface area contributed by atoms with Gasteiger partial charge in [0.1, 0.15) is 5.75 Å². The standard InChI is InChI=1S/C11H15N2O5/c1-5-8(15)7(6(4-14)3-13-5)9(12)11(2,18)10(16)17/h3,9,14-15H,4,12H2,1-2H3,(H,16,17)/q-1/t9?,11-/m1/s1. The molecule has 0 spiro atoms. The van der Waals surface area contributed by atoms with E-state index in [4.69, 9.17) is 15.9 Å². The van der Waals surface area contributed by atoms with Crippen molar-refractivity contribution in [2.24, 2.45) is 5.73 Å². The van der Waals surface area contributed by atoms with Crippen molar-refractivity contribution in [3.05, 3.63) is 23.0 Å². The van der Waals surface area contributed by atoms with Crippen molar-refractivity contribution in [2.45, 2.75) is 32.1 Å². The molecule has 0 aliphatic heterocycles. The van der Waals surface area contributed by atoms with Gasteiger partial charge in [-0.2, -0.15) is 0 Å². The number of rotatable bonds is 4. The lowest BCUT2D eigenvalue weighted by Crippen LogP contribution is -2.56. The molecule has 0 aromatic carbocycles. The second-order valence-corrected chi connectivity index (χ2v) is 4.18. The summed E-state index contributed by atoms with van der Waals surface area (Å²) in [7, 11) is 0. The van der Waals surface area contributed by atoms with Crippen LogP contribution in [-0.2, 0) is 11.4 Å². The van der Waals surface area contributed by atoms with Gasteiger partial charge in [0.15, 0.2) is 0 Å². The summed E-state index contributed by atoms with van der Waals surface area (Å²) in [5, 5.41) is 39.7. The molecule has 1 rings (SSSR count). The first kappa shape index (κ1) is 14.4. The molecule has 0 saturated carbocycles. The number of carbonyl (C=O) groups is 1. The van der Waals surface area contributed by atoms with Crippen molar-refractivity contribution in [1.82, 2.24) is 4.98 Å². The Hall–Kier alpha value is -1.70. The van der Waals surface area contributed by atoms with E-state index in [2.05, 4.69) is 4.98 Å². The largest absolute Gasteiger partial charge is 0.840 e. The third-order valence-corrected chi connectivity index (χ3v) is 2.86. The number of carboxylic acids is 1. The van der Waals surface area contributed by atoms with E-state index in [1.54, 1.807) is 0 Å². The average molecular weight is 255 g/mol. The summed E-state index contributed by atoms with van der Waals surface area (Å²) in [5.74, 6) is -2.00. The molecule has 18 heavy (non-hydrogen) atoms. The molecule has 1 unspecified atom stereocenters. The number of nitrogens with two attached hydrogens (primary N) is 1. The molecule has 2 atom stereocenters. The molecule has 1 heterocycles. The SMILES string of the molecule is Cc1ncc(CO)c(C(N)[C@@](C)([O-])C(=O)O)c1O. The molecule has 0 bridgehead atoms. The van der Waals surface area contributed by atoms with Crippen LogP contribution in [0.2, 0.25) is 0 Å². The molecule has 0 aliphatic rings. The Morgan fingerprint density at radius 1 is 1.67 bits per heavy atom. The first-order valence-electron chi connectivity index (χ1n) is 5.21. The minimum absolute atomic E-state index is 0.0788. The second-order valence-electron chi connectivity index (χ2n) is 4.18. The van der Waals surface area contributed by atoms with Gasteiger partial charge in [0.2, 0.25) is 0 Å². The zero-order valence-electron chi connectivity index (χ0n) is 10.0. The van der Waals surface area contributed by atoms with Crippen molar-refractivity contribution in [3.63, 3.8) is 0 Å². The number of aromatic hydroxyl groups is 1. The molecule has 0 amide bonds. The van der Waals surface area contributed by atoms with Gasteiger partial charge in [0.05, 0.1) is 12.3 Å². The van der Waals surface area contributed by atoms with Gasteiger partial charge in [-0.3, -0.25) is 9.78 Å². The van der Waals surface area contributed by atoms with Crippen LogP contribution in [0.1, 0.15) is 29.8 Å². The van der Waals surface area contributed by atoms with Crippen LogP contribution in [0.3, 0.4) is 0 Å². The van der Waals surface area contributed by atoms with Gasteiger partial charge in [-0.15, -0.1) is 0 Å². The number of hydrogen-bond acceptors (Lipinski definition) is 6. The lowest BCUT2D eigenvalue weighted by molar-refractivity contribution is -0.462. The molecule has 1 aromatic heterocycles. The van der Waals surface area contributed by atoms with E-state index in [1.807, 2.05) is 0 Å². The molecule has 0 aliphatic carbocycles. The van der Waals surface area contributed by atoms with Crippen molar-refractivity contribution in [1.29, 1.82) is 0 Å². The summed E-state index contributed by atoms with van der Waals surface area (Å²) in [6.45, 7) is 1.89. The molecular formula is C11H15N2O5-. The molecule has 0 radical (unpaired) electrons. The van der Waals surface area contributed by atoms with E-state index in [0.29, 0.717) is 0 Å². The number of pyridine rings is 1. The fourth-order valence-electron chi connectivity index (χ4n) is 1.53. The summed E-state index contributed by atoms with van der Waals surface area (Å²) >= 11 is 0. The molecular weight excluding hydrogens is 240 g/mol. The number of aromatic nitrogens is 1. The van der Waals surface area contributed by atoms with E-state index < -0.39 is 24.2 Å². The first-order valence-corrected chi connectivity index (χ1v) is 5.21. The Morgan fingerprint density at radius 2 is 2.22 bits per heavy atom. The summed E-state index contributed by atoms with van der Waals surface area (Å²) in [4.78, 5) is 14.7. The number of aryl methyl sites for hydroxylation is 1. The fourth-order valence-corrected chi connectivity index (χ4v) is 1.53. The molecule has 7 heteroatoms. The van der Waals surface area contributed by atoms with E-state index in [0.717, 1.165) is 6.92 Å². The van der Waals surface area contributed by atoms with Crippen molar-refractivity contribution in [2.75, 3.05) is 0 Å². The third kappa shape index (κ3) is 2.28. The Bertz CT molecular complexity index is 473. The molecule has 1 aromatic rings. The number of aliphatic hydroxyl groups is 1. The van der Waals surface area contributed by atoms with Gasteiger partial charge < -0.3 is 26.2 Å². The van der Waals surface area contributed by atoms with Crippen LogP contribution < -0.4 is 10.8 Å². The van der Waals surface area contributed by atoms with Crippen LogP contribution in [0, 0.1) is 6.92 Å². The Balaban J connectivity index is 3.40. The highest BCUT2D eigenvalue weighted by Gasteiger charge is 2.32. The van der Waals surface area contributed by atoms with E-state index in [-0.39, 0.29) is 22.6 Å². The van der Waals surface area contributed by atoms with Gasteiger partial charge in [-0.1, -0.05) is 6.92 Å². The van der Waals surface area contributed by atoms with Gasteiger partial charge in [-0.25, -0.2) is 0 Å². The highest BCUT2D eigenvalue weighted by molar-refractivity contribution is 5.78. The normalized spacial score (nSPS) is 16.1. The Morgan fingerprint density at radius 3 is 2.67 bits per heavy atom. The van der Waals surface area contributed by atoms with Crippen molar-refractivity contribution >= 4 is 5.97 Å². The van der Waals surface area contributed by atoms with Crippen molar-refractivity contribution in [3.8, 4) is 5.75 Å². The van der Waals surface area contributed by atoms with Crippen LogP contribution in [0.4, 0.5) is 0 Å². The van der Waals surface area contributed by atoms with Crippen LogP contribution in [0.25, 0.3) is 0 Å². The lowest BCUT2D eigenvalue weighted by atomic mass is 9.88. The maximum Gasteiger partial charge on any atom is 0.294 e. The Kier molecular flexibility index (Phi) is 3.90. The number of carboxylic acid groups (broad SMARTS) is 1. The zero-order chi connectivity index (χ0) is 14.1. The molecule has 5 N–H and O–H groups in total. The van der Waals surface area contributed by atoms with Gasteiger partial charge >= 0.3 is 0 Å². The summed E-state index contributed by atoms with van der Waals surface area (Å²) in [6, 6.07) is -1.50. The van der Waals surface area contributed by atoms with Crippen molar-refractivity contribution < 1.29 is 25.2 Å². The second kappa shape index (κ2) is 4.89. The summed E-state index contributed by atoms with van der Waals surface area (Å²) in [5.41, 5.74) is 3.37. The number of aliphatic hydroxyl groups excluding tert-OH is 1. The van der Waals surface area contributed by atoms with Crippen LogP contribution >= 0.6 is 0 Å². The van der Waals surface area contributed by atoms with Crippen LogP contribution in [0.5, 0.6) is 5.75 Å². The van der Waals surface area contributed by atoms with E-state index in [9.17, 15) is 15.0 Å². The molecule has 0 fully saturated rings. The van der Waals surface area contributed by atoms with Crippen LogP contribution in [-0.4, -0.2) is 31.9 Å². The zero-order valence-corrected chi connectivity index (χ0v) is 10.0. The fraction of sp³-hybridized carbons (Fsp3) is 0.455. The first-order chi connectivity index (χ1) is 8.23. The highest BCUT2D eigenvalue weighted by Crippen LogP contribution is 2.33. The molecule has 0 saturated heterocycles. The highest BCUT2D eigenvalue weighted by atomic mass is 16.4. The van der Waals surface area contributed by atoms with Gasteiger partial charge in [0, 0.05) is 29.0 Å². The van der Waals surface area contributed by atoms with Crippen LogP contribution in [0.15, 0.2) is 6.20 Å². The number of aliphatic carboxylic acids is 1. The third-order valence-electron chi connectivity index (χ3n) is 2.86. The summed E-state index contributed by atoms with van der Waals surface area (Å²) < 4.78 is 0. The quantitative estimate of drug-likeness (QED) is 0.529. The number of hydrogen-bond donors (Lipinski definition) is 4. The maximum absolute atomic E-state index is 11.9. The van der Waals surface area contributed by atoms with Gasteiger partial charge in [0.25, 0.3) is 5.97 Å². The van der Waals surface area contributed by atoms with E-state index in [1.165, 1.54) is 13.1 Å². The molecule has 100 valence electrons. The summed E-state index contributed by atoms with van der Waals surface area (Å²) in [6.07, 6.45) is 1.25. The minimum atomic E-state index is -2.52. The predicted molar refractivity (Wildman–Crippen MR) is 59.5 cm³/mol. The van der Waals surface area contributed by atoms with Gasteiger partial charge in [-0.05, 0) is 6.92 Å².